The fraction of sp³-hybridized carbons (Fsp3) is 0.143. The van der Waals surface area contributed by atoms with Crippen molar-refractivity contribution in [1.29, 1.82) is 0 Å². The zero-order valence-electron chi connectivity index (χ0n) is 5.11. The van der Waals surface area contributed by atoms with Gasteiger partial charge in [-0.3, -0.25) is 6.08 Å². The molecule has 0 unspecified atom stereocenters. The van der Waals surface area contributed by atoms with Gasteiger partial charge in [0, 0.05) is 0 Å². The Hall–Kier alpha value is -0.841. The maximum atomic E-state index is 9.02. The molecule has 0 bridgehead atoms. The Kier molecular flexibility index (Phi) is 7.47. The van der Waals surface area contributed by atoms with Crippen LogP contribution < -0.4 is 0 Å². The van der Waals surface area contributed by atoms with E-state index in [4.69, 9.17) is 9.59 Å². The Balaban J connectivity index is 0.000000162. The second-order valence-corrected chi connectivity index (χ2v) is 1.96. The average Bonchev–Trinajstić information content (AvgIpc) is 2.44. The summed E-state index contributed by atoms with van der Waals surface area (Å²) in [6, 6.07) is 0. The van der Waals surface area contributed by atoms with E-state index in [9.17, 15) is 0 Å². The van der Waals surface area contributed by atoms with Crippen LogP contribution in [-0.2, 0) is 23.7 Å². The first kappa shape index (κ1) is 9.16. The van der Waals surface area contributed by atoms with E-state index < -0.39 is 0 Å². The summed E-state index contributed by atoms with van der Waals surface area (Å²) >= 11 is -0.222. The third-order valence-electron chi connectivity index (χ3n) is 0.658. The molecule has 0 fully saturated rings. The van der Waals surface area contributed by atoms with Crippen molar-refractivity contribution in [3.8, 4) is 0 Å². The van der Waals surface area contributed by atoms with Crippen LogP contribution in [0.2, 0.25) is 0 Å². The van der Waals surface area contributed by atoms with E-state index in [1.807, 2.05) is 12.2 Å². The molecule has 0 atom stereocenters. The quantitative estimate of drug-likeness (QED) is 0.399. The summed E-state index contributed by atoms with van der Waals surface area (Å²) in [5, 5.41) is 0. The molecule has 0 amide bonds. The number of rotatable bonds is 0. The zero-order valence-corrected chi connectivity index (χ0v) is 6.21. The van der Waals surface area contributed by atoms with Gasteiger partial charge in [0.1, 0.15) is 0 Å². The Morgan fingerprint density at radius 3 is 2.20 bits per heavy atom. The molecule has 0 aliphatic heterocycles. The zero-order chi connectivity index (χ0) is 7.66. The summed E-state index contributed by atoms with van der Waals surface area (Å²) in [5.74, 6) is 0. The van der Waals surface area contributed by atoms with E-state index in [-0.39, 0.29) is 14.1 Å². The van der Waals surface area contributed by atoms with Crippen molar-refractivity contribution < 1.29 is 23.7 Å². The summed E-state index contributed by atoms with van der Waals surface area (Å²) in [6.45, 7) is 0. The molecule has 0 radical (unpaired) electrons. The van der Waals surface area contributed by atoms with Gasteiger partial charge in [0.2, 0.25) is 0 Å². The fourth-order valence-corrected chi connectivity index (χ4v) is 0.401. The fourth-order valence-electron chi connectivity index (χ4n) is 0.355. The van der Waals surface area contributed by atoms with Gasteiger partial charge >= 0.3 is 33.2 Å². The molecular weight excluding hydrogens is 172 g/mol. The summed E-state index contributed by atoms with van der Waals surface area (Å²) in [6.07, 6.45) is 10.0. The predicted octanol–water partition coefficient (Wildman–Crippen LogP) is 0.509. The number of allylic oxidation sites excluding steroid dienone is 4. The van der Waals surface area contributed by atoms with Gasteiger partial charge in [-0.25, -0.2) is 12.2 Å². The Labute approximate surface area is 64.5 Å². The molecule has 0 N–H and O–H groups in total. The standard InChI is InChI=1S/C5H5.2CO.Fe/c1-2-4-5-3-1;2*1-2;/h1-3H,4H2;;;/q-1;;;. The molecule has 0 aromatic carbocycles. The molecule has 0 saturated heterocycles. The van der Waals surface area contributed by atoms with Crippen molar-refractivity contribution >= 4 is 9.57 Å². The van der Waals surface area contributed by atoms with Crippen molar-refractivity contribution in [2.24, 2.45) is 0 Å². The second kappa shape index (κ2) is 8.16. The third kappa shape index (κ3) is 7.16. The first-order chi connectivity index (χ1) is 4.91. The van der Waals surface area contributed by atoms with Crippen LogP contribution in [0.3, 0.4) is 0 Å². The number of hydrogen-bond acceptors (Lipinski definition) is 2. The van der Waals surface area contributed by atoms with E-state index in [0.717, 1.165) is 6.42 Å². The summed E-state index contributed by atoms with van der Waals surface area (Å²) in [5.41, 5.74) is 0. The van der Waals surface area contributed by atoms with Gasteiger partial charge in [-0.05, 0) is 0 Å². The molecule has 54 valence electrons. The molecule has 0 aromatic heterocycles. The molecule has 0 spiro atoms. The summed E-state index contributed by atoms with van der Waals surface area (Å²) < 4.78 is 0. The normalized spacial score (nSPS) is 11.2. The van der Waals surface area contributed by atoms with Gasteiger partial charge in [-0.2, -0.15) is 6.08 Å². The minimum Gasteiger partial charge on any atom is -0.273 e. The second-order valence-electron chi connectivity index (χ2n) is 1.24. The molecule has 1 aliphatic carbocycles. The predicted molar refractivity (Wildman–Crippen MR) is 33.0 cm³/mol. The first-order valence-corrected chi connectivity index (χ1v) is 3.58. The van der Waals surface area contributed by atoms with Crippen LogP contribution >= 0.6 is 0 Å². The van der Waals surface area contributed by atoms with Gasteiger partial charge in [-0.1, -0.05) is 0 Å². The van der Waals surface area contributed by atoms with E-state index in [1.165, 1.54) is 9.57 Å². The Bertz CT molecular complexity index is 214. The van der Waals surface area contributed by atoms with Crippen LogP contribution in [0.4, 0.5) is 0 Å². The third-order valence-corrected chi connectivity index (χ3v) is 0.883. The maximum absolute atomic E-state index is 9.02. The molecule has 3 heteroatoms. The van der Waals surface area contributed by atoms with Crippen molar-refractivity contribution in [1.82, 2.24) is 0 Å². The molecule has 0 heterocycles. The van der Waals surface area contributed by atoms with E-state index in [0.29, 0.717) is 0 Å². The van der Waals surface area contributed by atoms with Gasteiger partial charge < -0.3 is 0 Å². The number of hydrogen-bond donors (Lipinski definition) is 0. The molecular formula is C7H5FeO2-. The molecule has 0 aromatic rings. The summed E-state index contributed by atoms with van der Waals surface area (Å²) in [7, 11) is 0. The molecule has 2 nitrogen and oxygen atoms in total. The topological polar surface area (TPSA) is 34.1 Å². The summed E-state index contributed by atoms with van der Waals surface area (Å²) in [4.78, 5) is 20.7. The van der Waals surface area contributed by atoms with Crippen LogP contribution in [0.15, 0.2) is 18.2 Å². The Morgan fingerprint density at radius 2 is 2.10 bits per heavy atom. The number of carbonyl (C=O) groups excluding carboxylic acids is 2. The molecule has 1 aliphatic rings. The monoisotopic (exact) mass is 177 g/mol. The van der Waals surface area contributed by atoms with Crippen LogP contribution in [0.5, 0.6) is 0 Å². The molecule has 1 rings (SSSR count). The minimum absolute atomic E-state index is 0.222. The van der Waals surface area contributed by atoms with E-state index >= 15 is 0 Å². The van der Waals surface area contributed by atoms with Crippen molar-refractivity contribution in [3.05, 3.63) is 24.3 Å². The van der Waals surface area contributed by atoms with Crippen LogP contribution in [0.1, 0.15) is 6.42 Å². The van der Waals surface area contributed by atoms with Crippen molar-refractivity contribution in [2.45, 2.75) is 6.42 Å². The van der Waals surface area contributed by atoms with Gasteiger partial charge in [-0.15, -0.1) is 6.42 Å². The van der Waals surface area contributed by atoms with Gasteiger partial charge in [0.05, 0.1) is 0 Å². The van der Waals surface area contributed by atoms with Crippen LogP contribution in [0, 0.1) is 6.08 Å². The van der Waals surface area contributed by atoms with E-state index in [1.54, 1.807) is 0 Å². The maximum Gasteiger partial charge on any atom is -0.109 e. The van der Waals surface area contributed by atoms with Gasteiger partial charge in [0.25, 0.3) is 0 Å². The largest absolute Gasteiger partial charge is 0.273 e. The smallest absolute Gasteiger partial charge is 0.109 e. The van der Waals surface area contributed by atoms with Crippen molar-refractivity contribution in [3.63, 3.8) is 0 Å². The van der Waals surface area contributed by atoms with Crippen LogP contribution in [0.25, 0.3) is 0 Å². The SMILES string of the molecule is O=[C]=[Fe]=[C]=O.[C-]1=CC=CC1. The van der Waals surface area contributed by atoms with Crippen molar-refractivity contribution in [2.75, 3.05) is 0 Å². The van der Waals surface area contributed by atoms with Crippen LogP contribution in [-0.4, -0.2) is 9.57 Å². The minimum atomic E-state index is -0.222. The first-order valence-electron chi connectivity index (χ1n) is 2.48. The Morgan fingerprint density at radius 1 is 1.40 bits per heavy atom. The molecule has 0 saturated carbocycles. The average molecular weight is 177 g/mol. The molecule has 10 heavy (non-hydrogen) atoms. The van der Waals surface area contributed by atoms with E-state index in [2.05, 4.69) is 12.2 Å². The van der Waals surface area contributed by atoms with Gasteiger partial charge in [0.15, 0.2) is 0 Å².